The Kier molecular flexibility index (Phi) is 5.04. The summed E-state index contributed by atoms with van der Waals surface area (Å²) in [5, 5.41) is 6.98. The molecule has 1 aromatic heterocycles. The molecule has 1 aromatic rings. The van der Waals surface area contributed by atoms with Crippen molar-refractivity contribution < 1.29 is 9.15 Å². The third-order valence-corrected chi connectivity index (χ3v) is 3.08. The first-order valence-corrected chi connectivity index (χ1v) is 6.41. The second kappa shape index (κ2) is 6.79. The van der Waals surface area contributed by atoms with Gasteiger partial charge in [-0.15, -0.1) is 0 Å². The molecule has 0 aromatic carbocycles. The van der Waals surface area contributed by atoms with E-state index in [9.17, 15) is 0 Å². The number of hydrogen-bond donors (Lipinski definition) is 2. The van der Waals surface area contributed by atoms with Crippen LogP contribution in [0.25, 0.3) is 0 Å². The maximum Gasteiger partial charge on any atom is 0.105 e. The molecule has 4 heteroatoms. The Morgan fingerprint density at radius 2 is 2.53 bits per heavy atom. The highest BCUT2D eigenvalue weighted by Crippen LogP contribution is 2.03. The molecule has 0 amide bonds. The van der Waals surface area contributed by atoms with E-state index in [0.29, 0.717) is 12.1 Å². The first-order chi connectivity index (χ1) is 8.34. The van der Waals surface area contributed by atoms with Gasteiger partial charge in [-0.1, -0.05) is 0 Å². The number of rotatable bonds is 6. The third kappa shape index (κ3) is 4.50. The number of nitrogens with one attached hydrogen (secondary N) is 2. The van der Waals surface area contributed by atoms with Crippen molar-refractivity contribution in [3.63, 3.8) is 0 Å². The standard InChI is InChI=1S/C13H22N2O2/c1-11(9-12-10-16-8-6-15-12)14-5-4-13-3-2-7-17-13/h2-3,7,11-12,14-15H,4-6,8-10H2,1H3. The molecule has 4 nitrogen and oxygen atoms in total. The van der Waals surface area contributed by atoms with Gasteiger partial charge < -0.3 is 19.8 Å². The molecule has 96 valence electrons. The van der Waals surface area contributed by atoms with Crippen molar-refractivity contribution in [1.82, 2.24) is 10.6 Å². The van der Waals surface area contributed by atoms with E-state index in [1.807, 2.05) is 12.1 Å². The van der Waals surface area contributed by atoms with Crippen LogP contribution in [-0.4, -0.2) is 38.4 Å². The molecular formula is C13H22N2O2. The first kappa shape index (κ1) is 12.6. The highest BCUT2D eigenvalue weighted by atomic mass is 16.5. The highest BCUT2D eigenvalue weighted by molar-refractivity contribution is 4.98. The molecule has 0 aliphatic carbocycles. The molecule has 0 spiro atoms. The van der Waals surface area contributed by atoms with Crippen LogP contribution in [0.3, 0.4) is 0 Å². The zero-order valence-electron chi connectivity index (χ0n) is 10.4. The van der Waals surface area contributed by atoms with Crippen LogP contribution in [0.4, 0.5) is 0 Å². The van der Waals surface area contributed by atoms with E-state index in [-0.39, 0.29) is 0 Å². The lowest BCUT2D eigenvalue weighted by Gasteiger charge is -2.26. The van der Waals surface area contributed by atoms with Gasteiger partial charge in [0.25, 0.3) is 0 Å². The molecule has 2 heterocycles. The molecule has 0 saturated carbocycles. The number of morpholine rings is 1. The maximum atomic E-state index is 5.44. The number of hydrogen-bond acceptors (Lipinski definition) is 4. The Hall–Kier alpha value is -0.840. The molecule has 2 rings (SSSR count). The van der Waals surface area contributed by atoms with Crippen LogP contribution in [0.15, 0.2) is 22.8 Å². The van der Waals surface area contributed by atoms with E-state index in [4.69, 9.17) is 9.15 Å². The molecule has 0 radical (unpaired) electrons. The van der Waals surface area contributed by atoms with E-state index in [2.05, 4.69) is 17.6 Å². The summed E-state index contributed by atoms with van der Waals surface area (Å²) in [5.74, 6) is 1.05. The van der Waals surface area contributed by atoms with E-state index in [1.165, 1.54) is 0 Å². The average molecular weight is 238 g/mol. The van der Waals surface area contributed by atoms with Crippen molar-refractivity contribution in [2.75, 3.05) is 26.3 Å². The van der Waals surface area contributed by atoms with Crippen molar-refractivity contribution in [3.05, 3.63) is 24.2 Å². The lowest BCUT2D eigenvalue weighted by molar-refractivity contribution is 0.0712. The average Bonchev–Trinajstić information content (AvgIpc) is 2.83. The van der Waals surface area contributed by atoms with Crippen molar-refractivity contribution in [2.24, 2.45) is 0 Å². The normalized spacial score (nSPS) is 22.5. The summed E-state index contributed by atoms with van der Waals surface area (Å²) < 4.78 is 10.7. The van der Waals surface area contributed by atoms with Gasteiger partial charge in [0.2, 0.25) is 0 Å². The SMILES string of the molecule is CC(CC1COCCN1)NCCc1ccco1. The summed E-state index contributed by atoms with van der Waals surface area (Å²) in [6, 6.07) is 4.95. The van der Waals surface area contributed by atoms with Crippen LogP contribution in [0.5, 0.6) is 0 Å². The predicted octanol–water partition coefficient (Wildman–Crippen LogP) is 1.18. The second-order valence-electron chi connectivity index (χ2n) is 4.65. The zero-order chi connectivity index (χ0) is 11.9. The molecule has 2 N–H and O–H groups in total. The fourth-order valence-corrected chi connectivity index (χ4v) is 2.18. The monoisotopic (exact) mass is 238 g/mol. The topological polar surface area (TPSA) is 46.4 Å². The third-order valence-electron chi connectivity index (χ3n) is 3.08. The fourth-order valence-electron chi connectivity index (χ4n) is 2.18. The minimum absolute atomic E-state index is 0.495. The largest absolute Gasteiger partial charge is 0.469 e. The van der Waals surface area contributed by atoms with Gasteiger partial charge in [-0.05, 0) is 25.5 Å². The minimum atomic E-state index is 0.495. The molecule has 1 saturated heterocycles. The van der Waals surface area contributed by atoms with Crippen LogP contribution in [-0.2, 0) is 11.2 Å². The summed E-state index contributed by atoms with van der Waals surface area (Å²) in [7, 11) is 0. The predicted molar refractivity (Wildman–Crippen MR) is 67.1 cm³/mol. The Labute approximate surface area is 103 Å². The van der Waals surface area contributed by atoms with Gasteiger partial charge in [0.1, 0.15) is 5.76 Å². The molecule has 1 aliphatic rings. The van der Waals surface area contributed by atoms with Crippen molar-refractivity contribution in [2.45, 2.75) is 31.8 Å². The summed E-state index contributed by atoms with van der Waals surface area (Å²) in [6.45, 7) is 5.84. The van der Waals surface area contributed by atoms with E-state index in [0.717, 1.165) is 44.9 Å². The van der Waals surface area contributed by atoms with Crippen molar-refractivity contribution >= 4 is 0 Å². The second-order valence-corrected chi connectivity index (χ2v) is 4.65. The van der Waals surface area contributed by atoms with Crippen molar-refractivity contribution in [1.29, 1.82) is 0 Å². The van der Waals surface area contributed by atoms with Gasteiger partial charge in [-0.3, -0.25) is 0 Å². The van der Waals surface area contributed by atoms with Gasteiger partial charge in [0, 0.05) is 31.6 Å². The lowest BCUT2D eigenvalue weighted by Crippen LogP contribution is -2.45. The molecule has 1 fully saturated rings. The molecule has 2 unspecified atom stereocenters. The summed E-state index contributed by atoms with van der Waals surface area (Å²) in [5.41, 5.74) is 0. The van der Waals surface area contributed by atoms with Crippen LogP contribution in [0.1, 0.15) is 19.1 Å². The van der Waals surface area contributed by atoms with Crippen LogP contribution in [0, 0.1) is 0 Å². The zero-order valence-corrected chi connectivity index (χ0v) is 10.4. The van der Waals surface area contributed by atoms with Gasteiger partial charge in [0.05, 0.1) is 19.5 Å². The Balaban J connectivity index is 1.58. The van der Waals surface area contributed by atoms with Crippen LogP contribution >= 0.6 is 0 Å². The summed E-state index contributed by atoms with van der Waals surface area (Å²) in [4.78, 5) is 0. The molecule has 0 bridgehead atoms. The smallest absolute Gasteiger partial charge is 0.105 e. The van der Waals surface area contributed by atoms with E-state index >= 15 is 0 Å². The van der Waals surface area contributed by atoms with E-state index in [1.54, 1.807) is 6.26 Å². The molecule has 17 heavy (non-hydrogen) atoms. The number of furan rings is 1. The van der Waals surface area contributed by atoms with Gasteiger partial charge >= 0.3 is 0 Å². The Bertz CT molecular complexity index is 294. The van der Waals surface area contributed by atoms with Gasteiger partial charge in [-0.25, -0.2) is 0 Å². The van der Waals surface area contributed by atoms with Gasteiger partial charge in [0.15, 0.2) is 0 Å². The Morgan fingerprint density at radius 1 is 1.59 bits per heavy atom. The maximum absolute atomic E-state index is 5.44. The molecular weight excluding hydrogens is 216 g/mol. The summed E-state index contributed by atoms with van der Waals surface area (Å²) in [6.07, 6.45) is 3.78. The minimum Gasteiger partial charge on any atom is -0.469 e. The number of ether oxygens (including phenoxy) is 1. The van der Waals surface area contributed by atoms with Crippen LogP contribution < -0.4 is 10.6 Å². The van der Waals surface area contributed by atoms with Crippen LogP contribution in [0.2, 0.25) is 0 Å². The first-order valence-electron chi connectivity index (χ1n) is 6.41. The van der Waals surface area contributed by atoms with Gasteiger partial charge in [-0.2, -0.15) is 0 Å². The quantitative estimate of drug-likeness (QED) is 0.781. The van der Waals surface area contributed by atoms with E-state index < -0.39 is 0 Å². The molecule has 2 atom stereocenters. The molecule has 1 aliphatic heterocycles. The fraction of sp³-hybridized carbons (Fsp3) is 0.692. The highest BCUT2D eigenvalue weighted by Gasteiger charge is 2.15. The Morgan fingerprint density at radius 3 is 3.24 bits per heavy atom. The lowest BCUT2D eigenvalue weighted by atomic mass is 10.1. The van der Waals surface area contributed by atoms with Crippen molar-refractivity contribution in [3.8, 4) is 0 Å². The summed E-state index contributed by atoms with van der Waals surface area (Å²) >= 11 is 0.